The molecule has 0 N–H and O–H groups in total. The van der Waals surface area contributed by atoms with Gasteiger partial charge in [-0.2, -0.15) is 0 Å². The van der Waals surface area contributed by atoms with Gasteiger partial charge in [-0.25, -0.2) is 9.59 Å². The van der Waals surface area contributed by atoms with Crippen molar-refractivity contribution in [1.82, 2.24) is 9.80 Å². The number of carbonyl (C=O) groups is 3. The molecule has 228 valence electrons. The van der Waals surface area contributed by atoms with Crippen LogP contribution in [0.4, 0.5) is 9.59 Å². The fourth-order valence-corrected chi connectivity index (χ4v) is 4.93. The number of benzene rings is 4. The van der Waals surface area contributed by atoms with Crippen LogP contribution in [0.15, 0.2) is 121 Å². The summed E-state index contributed by atoms with van der Waals surface area (Å²) in [6.07, 6.45) is -0.710. The van der Waals surface area contributed by atoms with E-state index in [-0.39, 0.29) is 57.0 Å². The predicted octanol–water partition coefficient (Wildman–Crippen LogP) is 8.14. The van der Waals surface area contributed by atoms with E-state index in [2.05, 4.69) is 0 Å². The van der Waals surface area contributed by atoms with E-state index in [0.717, 1.165) is 22.3 Å². The van der Waals surface area contributed by atoms with Crippen LogP contribution in [0.1, 0.15) is 61.0 Å². The summed E-state index contributed by atoms with van der Waals surface area (Å²) in [5, 5.41) is 0. The van der Waals surface area contributed by atoms with Gasteiger partial charge < -0.3 is 19.3 Å². The molecule has 2 amide bonds. The van der Waals surface area contributed by atoms with E-state index in [4.69, 9.17) is 9.47 Å². The van der Waals surface area contributed by atoms with Crippen LogP contribution < -0.4 is 0 Å². The Balaban J connectivity index is 1.39. The zero-order valence-electron chi connectivity index (χ0n) is 25.4. The van der Waals surface area contributed by atoms with Gasteiger partial charge in [0, 0.05) is 25.9 Å². The maximum Gasteiger partial charge on any atom is 0.410 e. The number of carbonyl (C=O) groups excluding carboxylic acids is 3. The zero-order valence-corrected chi connectivity index (χ0v) is 25.4. The summed E-state index contributed by atoms with van der Waals surface area (Å²) in [6, 6.07) is 37.7. The van der Waals surface area contributed by atoms with Gasteiger partial charge in [-0.15, -0.1) is 0 Å². The van der Waals surface area contributed by atoms with Crippen LogP contribution in [0.5, 0.6) is 0 Å². The molecule has 0 aliphatic heterocycles. The first-order chi connectivity index (χ1) is 21.4. The zero-order chi connectivity index (χ0) is 31.1. The minimum Gasteiger partial charge on any atom is -0.445 e. The Kier molecular flexibility index (Phi) is 12.1. The summed E-state index contributed by atoms with van der Waals surface area (Å²) in [5.74, 6) is -0.0627. The third-order valence-corrected chi connectivity index (χ3v) is 7.64. The first kappa shape index (κ1) is 32.0. The summed E-state index contributed by atoms with van der Waals surface area (Å²) in [5.41, 5.74) is 3.66. The average molecular weight is 593 g/mol. The number of Topliss-reactive ketones (excluding diaryl/α,β-unsaturated/α-hetero) is 1. The smallest absolute Gasteiger partial charge is 0.410 e. The molecule has 4 aromatic rings. The van der Waals surface area contributed by atoms with E-state index < -0.39 is 12.2 Å². The minimum absolute atomic E-state index is 0.0627. The minimum atomic E-state index is -0.484. The lowest BCUT2D eigenvalue weighted by atomic mass is 10.1. The SMILES string of the molecule is C[C@H](c1ccccc1)N(CCC(=O)CCN(C(=O)OCc1ccccc1)[C@H](C)c1ccccc1)C(=O)OCc1ccccc1. The summed E-state index contributed by atoms with van der Waals surface area (Å²) in [7, 11) is 0. The molecule has 4 aromatic carbocycles. The Morgan fingerprint density at radius 3 is 1.18 bits per heavy atom. The molecule has 0 radical (unpaired) electrons. The molecule has 0 bridgehead atoms. The highest BCUT2D eigenvalue weighted by Crippen LogP contribution is 2.24. The summed E-state index contributed by atoms with van der Waals surface area (Å²) >= 11 is 0. The Bertz CT molecular complexity index is 1340. The summed E-state index contributed by atoms with van der Waals surface area (Å²) < 4.78 is 11.3. The van der Waals surface area contributed by atoms with E-state index in [1.165, 1.54) is 0 Å². The second-order valence-corrected chi connectivity index (χ2v) is 10.7. The number of amides is 2. The second kappa shape index (κ2) is 16.7. The first-order valence-electron chi connectivity index (χ1n) is 15.0. The Morgan fingerprint density at radius 1 is 0.523 bits per heavy atom. The molecule has 0 heterocycles. The molecule has 7 nitrogen and oxygen atoms in total. The van der Waals surface area contributed by atoms with Gasteiger partial charge in [0.25, 0.3) is 0 Å². The Labute approximate surface area is 260 Å². The van der Waals surface area contributed by atoms with Gasteiger partial charge in [0.1, 0.15) is 19.0 Å². The topological polar surface area (TPSA) is 76.2 Å². The molecular formula is C37H40N2O5. The van der Waals surface area contributed by atoms with Gasteiger partial charge in [0.2, 0.25) is 0 Å². The van der Waals surface area contributed by atoms with Gasteiger partial charge in [-0.05, 0) is 36.1 Å². The van der Waals surface area contributed by atoms with E-state index in [1.807, 2.05) is 135 Å². The van der Waals surface area contributed by atoms with Crippen LogP contribution in [0.3, 0.4) is 0 Å². The number of ketones is 1. The van der Waals surface area contributed by atoms with Gasteiger partial charge >= 0.3 is 12.2 Å². The van der Waals surface area contributed by atoms with Crippen molar-refractivity contribution in [2.24, 2.45) is 0 Å². The monoisotopic (exact) mass is 592 g/mol. The van der Waals surface area contributed by atoms with Crippen molar-refractivity contribution >= 4 is 18.0 Å². The van der Waals surface area contributed by atoms with Crippen molar-refractivity contribution in [1.29, 1.82) is 0 Å². The third kappa shape index (κ3) is 9.56. The van der Waals surface area contributed by atoms with Crippen molar-refractivity contribution in [3.8, 4) is 0 Å². The molecule has 0 fully saturated rings. The molecule has 44 heavy (non-hydrogen) atoms. The van der Waals surface area contributed by atoms with Crippen molar-refractivity contribution < 1.29 is 23.9 Å². The molecule has 0 aliphatic carbocycles. The largest absolute Gasteiger partial charge is 0.445 e. The molecule has 0 saturated carbocycles. The van der Waals surface area contributed by atoms with E-state index >= 15 is 0 Å². The first-order valence-corrected chi connectivity index (χ1v) is 15.0. The van der Waals surface area contributed by atoms with E-state index in [0.29, 0.717) is 0 Å². The highest BCUT2D eigenvalue weighted by molar-refractivity contribution is 5.80. The van der Waals surface area contributed by atoms with Crippen molar-refractivity contribution in [2.45, 2.75) is 52.0 Å². The van der Waals surface area contributed by atoms with Gasteiger partial charge in [-0.3, -0.25) is 4.79 Å². The standard InChI is InChI=1S/C37H40N2O5/c1-29(33-19-11-5-12-20-33)38(36(41)43-27-31-15-7-3-8-16-31)25-23-35(40)24-26-39(30(2)34-21-13-6-14-22-34)37(42)44-28-32-17-9-4-10-18-32/h3-22,29-30H,23-28H2,1-2H3/t29-,30-/m1/s1. The molecule has 0 aromatic heterocycles. The number of ether oxygens (including phenoxy) is 2. The number of nitrogens with zero attached hydrogens (tertiary/aromatic N) is 2. The fourth-order valence-electron chi connectivity index (χ4n) is 4.93. The lowest BCUT2D eigenvalue weighted by molar-refractivity contribution is -0.119. The molecule has 0 aliphatic rings. The molecule has 2 atom stereocenters. The maximum atomic E-state index is 13.3. The fraction of sp³-hybridized carbons (Fsp3) is 0.270. The van der Waals surface area contributed by atoms with Crippen LogP contribution in [-0.2, 0) is 27.5 Å². The quantitative estimate of drug-likeness (QED) is 0.148. The lowest BCUT2D eigenvalue weighted by Gasteiger charge is -2.30. The highest BCUT2D eigenvalue weighted by Gasteiger charge is 2.26. The number of hydrogen-bond donors (Lipinski definition) is 0. The van der Waals surface area contributed by atoms with Gasteiger partial charge in [0.05, 0.1) is 12.1 Å². The van der Waals surface area contributed by atoms with Crippen molar-refractivity contribution in [2.75, 3.05) is 13.1 Å². The van der Waals surface area contributed by atoms with E-state index in [1.54, 1.807) is 9.80 Å². The summed E-state index contributed by atoms with van der Waals surface area (Å²) in [4.78, 5) is 42.9. The van der Waals surface area contributed by atoms with Crippen molar-refractivity contribution in [3.63, 3.8) is 0 Å². The van der Waals surface area contributed by atoms with Crippen LogP contribution in [0, 0.1) is 0 Å². The Hall–Kier alpha value is -4.91. The van der Waals surface area contributed by atoms with Crippen molar-refractivity contribution in [3.05, 3.63) is 144 Å². The highest BCUT2D eigenvalue weighted by atomic mass is 16.6. The number of hydrogen-bond acceptors (Lipinski definition) is 5. The van der Waals surface area contributed by atoms with Gasteiger partial charge in [0.15, 0.2) is 0 Å². The van der Waals surface area contributed by atoms with Crippen LogP contribution >= 0.6 is 0 Å². The summed E-state index contributed by atoms with van der Waals surface area (Å²) in [6.45, 7) is 4.52. The van der Waals surface area contributed by atoms with Gasteiger partial charge in [-0.1, -0.05) is 121 Å². The number of rotatable bonds is 14. The third-order valence-electron chi connectivity index (χ3n) is 7.64. The van der Waals surface area contributed by atoms with Crippen LogP contribution in [0.2, 0.25) is 0 Å². The molecular weight excluding hydrogens is 552 g/mol. The van der Waals surface area contributed by atoms with E-state index in [9.17, 15) is 14.4 Å². The predicted molar refractivity (Wildman–Crippen MR) is 171 cm³/mol. The molecule has 0 spiro atoms. The lowest BCUT2D eigenvalue weighted by Crippen LogP contribution is -2.37. The average Bonchev–Trinajstić information content (AvgIpc) is 3.08. The molecule has 7 heteroatoms. The van der Waals surface area contributed by atoms with Crippen LogP contribution in [-0.4, -0.2) is 40.9 Å². The normalized spacial score (nSPS) is 12.0. The van der Waals surface area contributed by atoms with Crippen LogP contribution in [0.25, 0.3) is 0 Å². The Morgan fingerprint density at radius 2 is 0.841 bits per heavy atom. The molecule has 0 saturated heterocycles. The second-order valence-electron chi connectivity index (χ2n) is 10.7. The molecule has 0 unspecified atom stereocenters. The maximum absolute atomic E-state index is 13.3. The molecule has 4 rings (SSSR count).